The third-order valence-electron chi connectivity index (χ3n) is 2.81. The summed E-state index contributed by atoms with van der Waals surface area (Å²) < 4.78 is 23.1. The molecule has 4 heteroatoms. The van der Waals surface area contributed by atoms with E-state index >= 15 is 0 Å². The third kappa shape index (κ3) is 2.83. The average Bonchev–Trinajstić information content (AvgIpc) is 2.17. The lowest BCUT2D eigenvalue weighted by Gasteiger charge is -2.21. The molecule has 0 aliphatic rings. The van der Waals surface area contributed by atoms with Crippen molar-refractivity contribution in [2.24, 2.45) is 0 Å². The van der Waals surface area contributed by atoms with Gasteiger partial charge in [0.2, 0.25) is 0 Å². The third-order valence-corrected chi connectivity index (χ3v) is 4.50. The van der Waals surface area contributed by atoms with Crippen molar-refractivity contribution >= 4 is 9.84 Å². The molecule has 2 atom stereocenters. The number of rotatable bonds is 4. The highest BCUT2D eigenvalue weighted by Gasteiger charge is 2.28. The van der Waals surface area contributed by atoms with E-state index in [1.807, 2.05) is 19.1 Å². The zero-order chi connectivity index (χ0) is 12.3. The van der Waals surface area contributed by atoms with Crippen molar-refractivity contribution in [3.63, 3.8) is 0 Å². The molecular formula is C12H18O3S. The van der Waals surface area contributed by atoms with Crippen molar-refractivity contribution in [2.45, 2.75) is 31.6 Å². The van der Waals surface area contributed by atoms with Gasteiger partial charge in [-0.3, -0.25) is 0 Å². The second kappa shape index (κ2) is 4.97. The number of sulfone groups is 1. The minimum absolute atomic E-state index is 0.411. The molecule has 0 aromatic heterocycles. The van der Waals surface area contributed by atoms with Crippen molar-refractivity contribution in [3.8, 4) is 0 Å². The molecule has 0 aliphatic carbocycles. The molecule has 0 saturated carbocycles. The van der Waals surface area contributed by atoms with Crippen molar-refractivity contribution in [1.29, 1.82) is 0 Å². The molecule has 0 saturated heterocycles. The normalized spacial score (nSPS) is 15.8. The summed E-state index contributed by atoms with van der Waals surface area (Å²) in [6.45, 7) is 3.64. The van der Waals surface area contributed by atoms with Crippen LogP contribution in [0.4, 0.5) is 0 Å². The summed E-state index contributed by atoms with van der Waals surface area (Å²) in [5, 5.41) is 9.39. The van der Waals surface area contributed by atoms with Crippen molar-refractivity contribution in [3.05, 3.63) is 35.4 Å². The summed E-state index contributed by atoms with van der Waals surface area (Å²) in [7, 11) is -3.23. The number of hydrogen-bond donors (Lipinski definition) is 1. The Hall–Kier alpha value is -0.870. The monoisotopic (exact) mass is 242 g/mol. The highest BCUT2D eigenvalue weighted by molar-refractivity contribution is 7.91. The number of hydrogen-bond acceptors (Lipinski definition) is 3. The van der Waals surface area contributed by atoms with Crippen LogP contribution in [-0.4, -0.2) is 25.0 Å². The van der Waals surface area contributed by atoms with E-state index in [9.17, 15) is 13.5 Å². The first-order valence-corrected chi connectivity index (χ1v) is 7.25. The van der Waals surface area contributed by atoms with Crippen LogP contribution in [-0.2, 0) is 9.84 Å². The van der Waals surface area contributed by atoms with Gasteiger partial charge in [-0.25, -0.2) is 8.42 Å². The first kappa shape index (κ1) is 13.2. The zero-order valence-electron chi connectivity index (χ0n) is 9.84. The molecule has 90 valence electrons. The molecule has 3 nitrogen and oxygen atoms in total. The molecule has 0 radical (unpaired) electrons. The van der Waals surface area contributed by atoms with E-state index < -0.39 is 21.2 Å². The van der Waals surface area contributed by atoms with Gasteiger partial charge in [0.05, 0.1) is 11.4 Å². The Kier molecular flexibility index (Phi) is 4.10. The van der Waals surface area contributed by atoms with Gasteiger partial charge in [0.1, 0.15) is 0 Å². The fraction of sp³-hybridized carbons (Fsp3) is 0.500. The first-order chi connectivity index (χ1) is 7.38. The van der Waals surface area contributed by atoms with Crippen molar-refractivity contribution < 1.29 is 13.5 Å². The topological polar surface area (TPSA) is 54.4 Å². The smallest absolute Gasteiger partial charge is 0.153 e. The molecule has 1 rings (SSSR count). The van der Waals surface area contributed by atoms with Crippen LogP contribution in [0.1, 0.15) is 30.6 Å². The van der Waals surface area contributed by atoms with Crippen LogP contribution < -0.4 is 0 Å². The molecule has 0 spiro atoms. The van der Waals surface area contributed by atoms with Gasteiger partial charge in [-0.2, -0.15) is 0 Å². The lowest BCUT2D eigenvalue weighted by atomic mass is 10.00. The maximum atomic E-state index is 11.5. The molecule has 0 bridgehead atoms. The van der Waals surface area contributed by atoms with Gasteiger partial charge in [-0.15, -0.1) is 0 Å². The maximum Gasteiger partial charge on any atom is 0.153 e. The summed E-state index contributed by atoms with van der Waals surface area (Å²) in [5.74, 6) is 0. The zero-order valence-corrected chi connectivity index (χ0v) is 10.7. The van der Waals surface area contributed by atoms with Crippen LogP contribution in [0, 0.1) is 6.92 Å². The second-order valence-electron chi connectivity index (χ2n) is 4.08. The summed E-state index contributed by atoms with van der Waals surface area (Å²) in [6.07, 6.45) is 0.637. The maximum absolute atomic E-state index is 11.5. The molecule has 0 amide bonds. The first-order valence-electron chi connectivity index (χ1n) is 5.30. The van der Waals surface area contributed by atoms with E-state index in [1.165, 1.54) is 6.26 Å². The van der Waals surface area contributed by atoms with Crippen LogP contribution >= 0.6 is 0 Å². The van der Waals surface area contributed by atoms with E-state index in [2.05, 4.69) is 0 Å². The Morgan fingerprint density at radius 3 is 2.31 bits per heavy atom. The number of aryl methyl sites for hydroxylation is 1. The SMILES string of the molecule is CCC(C(O)c1ccccc1C)S(C)(=O)=O. The molecule has 1 aromatic carbocycles. The number of aliphatic hydroxyl groups is 1. The summed E-state index contributed by atoms with van der Waals surface area (Å²) in [4.78, 5) is 0. The molecular weight excluding hydrogens is 224 g/mol. The molecule has 2 unspecified atom stereocenters. The van der Waals surface area contributed by atoms with Gasteiger partial charge < -0.3 is 5.11 Å². The molecule has 0 fully saturated rings. The Labute approximate surface area is 97.0 Å². The summed E-state index contributed by atoms with van der Waals surface area (Å²) in [6, 6.07) is 7.31. The molecule has 1 aromatic rings. The van der Waals surface area contributed by atoms with Crippen LogP contribution in [0.2, 0.25) is 0 Å². The van der Waals surface area contributed by atoms with Gasteiger partial charge in [0.15, 0.2) is 9.84 Å². The Morgan fingerprint density at radius 2 is 1.88 bits per heavy atom. The number of aliphatic hydroxyl groups excluding tert-OH is 1. The predicted molar refractivity (Wildman–Crippen MR) is 65.1 cm³/mol. The Bertz CT molecular complexity index is 451. The van der Waals surface area contributed by atoms with Gasteiger partial charge in [-0.05, 0) is 24.5 Å². The fourth-order valence-electron chi connectivity index (χ4n) is 1.88. The predicted octanol–water partition coefficient (Wildman–Crippen LogP) is 1.85. The lowest BCUT2D eigenvalue weighted by Crippen LogP contribution is -2.27. The van der Waals surface area contributed by atoms with Crippen LogP contribution in [0.25, 0.3) is 0 Å². The molecule has 0 heterocycles. The standard InChI is InChI=1S/C12H18O3S/c1-4-11(16(3,14)15)12(13)10-8-6-5-7-9(10)2/h5-8,11-13H,4H2,1-3H3. The summed E-state index contributed by atoms with van der Waals surface area (Å²) in [5.41, 5.74) is 1.61. The van der Waals surface area contributed by atoms with Crippen LogP contribution in [0.5, 0.6) is 0 Å². The van der Waals surface area contributed by atoms with E-state index in [0.29, 0.717) is 12.0 Å². The largest absolute Gasteiger partial charge is 0.387 e. The molecule has 1 N–H and O–H groups in total. The minimum Gasteiger partial charge on any atom is -0.387 e. The van der Waals surface area contributed by atoms with E-state index in [-0.39, 0.29) is 0 Å². The van der Waals surface area contributed by atoms with Crippen LogP contribution in [0.3, 0.4) is 0 Å². The van der Waals surface area contributed by atoms with Gasteiger partial charge in [0, 0.05) is 6.26 Å². The van der Waals surface area contributed by atoms with Crippen molar-refractivity contribution in [2.75, 3.05) is 6.26 Å². The fourth-order valence-corrected chi connectivity index (χ4v) is 3.10. The van der Waals surface area contributed by atoms with E-state index in [1.54, 1.807) is 19.1 Å². The highest BCUT2D eigenvalue weighted by Crippen LogP contribution is 2.26. The van der Waals surface area contributed by atoms with E-state index in [4.69, 9.17) is 0 Å². The van der Waals surface area contributed by atoms with Gasteiger partial charge in [-0.1, -0.05) is 31.2 Å². The molecule has 0 aliphatic heterocycles. The second-order valence-corrected chi connectivity index (χ2v) is 6.34. The molecule has 16 heavy (non-hydrogen) atoms. The lowest BCUT2D eigenvalue weighted by molar-refractivity contribution is 0.168. The minimum atomic E-state index is -3.23. The Morgan fingerprint density at radius 1 is 1.31 bits per heavy atom. The van der Waals surface area contributed by atoms with Crippen molar-refractivity contribution in [1.82, 2.24) is 0 Å². The van der Waals surface area contributed by atoms with Crippen LogP contribution in [0.15, 0.2) is 24.3 Å². The van der Waals surface area contributed by atoms with Gasteiger partial charge in [0.25, 0.3) is 0 Å². The quantitative estimate of drug-likeness (QED) is 0.876. The van der Waals surface area contributed by atoms with E-state index in [0.717, 1.165) is 5.56 Å². The number of benzene rings is 1. The highest BCUT2D eigenvalue weighted by atomic mass is 32.2. The average molecular weight is 242 g/mol. The Balaban J connectivity index is 3.10. The van der Waals surface area contributed by atoms with Gasteiger partial charge >= 0.3 is 0 Å². The summed E-state index contributed by atoms with van der Waals surface area (Å²) >= 11 is 0.